The van der Waals surface area contributed by atoms with Crippen molar-refractivity contribution in [3.05, 3.63) is 29.8 Å². The molecule has 1 aromatic rings. The van der Waals surface area contributed by atoms with Crippen molar-refractivity contribution in [1.82, 2.24) is 10.9 Å². The molecule has 2 aliphatic carbocycles. The van der Waals surface area contributed by atoms with E-state index in [2.05, 4.69) is 35.2 Å². The Morgan fingerprint density at radius 3 is 2.60 bits per heavy atom. The van der Waals surface area contributed by atoms with Gasteiger partial charge < -0.3 is 5.32 Å². The Kier molecular flexibility index (Phi) is 6.29. The van der Waals surface area contributed by atoms with Crippen LogP contribution in [0.25, 0.3) is 0 Å². The van der Waals surface area contributed by atoms with Crippen LogP contribution in [0.2, 0.25) is 0 Å². The van der Waals surface area contributed by atoms with Crippen LogP contribution in [-0.2, 0) is 11.2 Å². The summed E-state index contributed by atoms with van der Waals surface area (Å²) in [5.74, 6) is 2.25. The van der Waals surface area contributed by atoms with E-state index in [4.69, 9.17) is 12.2 Å². The Morgan fingerprint density at radius 1 is 1.16 bits per heavy atom. The minimum atomic E-state index is 0.0385. The van der Waals surface area contributed by atoms with Crippen molar-refractivity contribution in [2.24, 2.45) is 17.8 Å². The van der Waals surface area contributed by atoms with Gasteiger partial charge in [0.15, 0.2) is 5.11 Å². The maximum absolute atomic E-state index is 12.1. The number of hydrazine groups is 1. The molecule has 0 aliphatic heterocycles. The zero-order valence-corrected chi connectivity index (χ0v) is 15.8. The fourth-order valence-corrected chi connectivity index (χ4v) is 4.51. The molecular weight excluding hydrogens is 330 g/mol. The molecule has 3 N–H and O–H groups in total. The molecule has 2 aliphatic rings. The highest BCUT2D eigenvalue weighted by Gasteiger charge is 2.40. The van der Waals surface area contributed by atoms with Gasteiger partial charge in [-0.05, 0) is 79.8 Å². The van der Waals surface area contributed by atoms with Gasteiger partial charge in [-0.25, -0.2) is 0 Å². The molecule has 4 nitrogen and oxygen atoms in total. The lowest BCUT2D eigenvalue weighted by Gasteiger charge is -2.21. The predicted octanol–water partition coefficient (Wildman–Crippen LogP) is 4.17. The van der Waals surface area contributed by atoms with Crippen LogP contribution >= 0.6 is 12.2 Å². The number of nitrogens with one attached hydrogen (secondary N) is 3. The van der Waals surface area contributed by atoms with Gasteiger partial charge in [0.25, 0.3) is 0 Å². The van der Waals surface area contributed by atoms with Gasteiger partial charge in [0.05, 0.1) is 0 Å². The smallest absolute Gasteiger partial charge is 0.238 e. The summed E-state index contributed by atoms with van der Waals surface area (Å²) in [5.41, 5.74) is 7.82. The molecule has 2 saturated carbocycles. The monoisotopic (exact) mass is 359 g/mol. The van der Waals surface area contributed by atoms with Crippen LogP contribution in [0, 0.1) is 17.8 Å². The summed E-state index contributed by atoms with van der Waals surface area (Å²) in [6, 6.07) is 8.29. The summed E-state index contributed by atoms with van der Waals surface area (Å²) in [4.78, 5) is 12.1. The number of anilines is 1. The molecule has 1 aromatic carbocycles. The quantitative estimate of drug-likeness (QED) is 0.527. The minimum absolute atomic E-state index is 0.0385. The molecule has 3 atom stereocenters. The standard InChI is InChI=1S/C20H29N3OS/c1-2-3-4-14-6-9-18(10-7-14)21-20(25)23-22-19(24)13-17-12-15-5-8-16(17)11-15/h6-7,9-10,15-17H,2-5,8,11-13H2,1H3,(H,22,24)(H2,21,23,25)/t15-,16+,17+/m0/s1. The van der Waals surface area contributed by atoms with Gasteiger partial charge in [-0.1, -0.05) is 31.9 Å². The van der Waals surface area contributed by atoms with E-state index < -0.39 is 0 Å². The number of hydrogen-bond acceptors (Lipinski definition) is 2. The SMILES string of the molecule is CCCCc1ccc(NC(=S)NNC(=O)C[C@H]2C[C@H]3CC[C@@H]2C3)cc1. The van der Waals surface area contributed by atoms with Crippen molar-refractivity contribution in [3.8, 4) is 0 Å². The van der Waals surface area contributed by atoms with Crippen molar-refractivity contribution in [3.63, 3.8) is 0 Å². The number of aryl methyl sites for hydroxylation is 1. The van der Waals surface area contributed by atoms with Crippen molar-refractivity contribution in [1.29, 1.82) is 0 Å². The normalized spacial score (nSPS) is 24.1. The molecule has 0 saturated heterocycles. The average Bonchev–Trinajstić information content (AvgIpc) is 3.22. The first-order valence-corrected chi connectivity index (χ1v) is 9.99. The highest BCUT2D eigenvalue weighted by molar-refractivity contribution is 7.80. The molecule has 0 heterocycles. The van der Waals surface area contributed by atoms with E-state index in [9.17, 15) is 4.79 Å². The topological polar surface area (TPSA) is 53.2 Å². The maximum atomic E-state index is 12.1. The van der Waals surface area contributed by atoms with Gasteiger partial charge >= 0.3 is 0 Å². The molecule has 0 spiro atoms. The highest BCUT2D eigenvalue weighted by atomic mass is 32.1. The molecule has 2 bridgehead atoms. The van der Waals surface area contributed by atoms with Crippen LogP contribution in [0.1, 0.15) is 57.4 Å². The first kappa shape index (κ1) is 18.2. The first-order chi connectivity index (χ1) is 12.1. The lowest BCUT2D eigenvalue weighted by atomic mass is 9.86. The Balaban J connectivity index is 1.36. The van der Waals surface area contributed by atoms with Crippen molar-refractivity contribution in [2.45, 2.75) is 58.3 Å². The highest BCUT2D eigenvalue weighted by Crippen LogP contribution is 2.49. The average molecular weight is 360 g/mol. The summed E-state index contributed by atoms with van der Waals surface area (Å²) in [7, 11) is 0. The minimum Gasteiger partial charge on any atom is -0.331 e. The number of fused-ring (bicyclic) bond motifs is 2. The van der Waals surface area contributed by atoms with Gasteiger partial charge in [-0.15, -0.1) is 0 Å². The second kappa shape index (κ2) is 8.65. The van der Waals surface area contributed by atoms with Crippen LogP contribution in [0.3, 0.4) is 0 Å². The Morgan fingerprint density at radius 2 is 1.96 bits per heavy atom. The number of thiocarbonyl (C=S) groups is 1. The number of carbonyl (C=O) groups excluding carboxylic acids is 1. The maximum Gasteiger partial charge on any atom is 0.238 e. The Hall–Kier alpha value is -1.62. The summed E-state index contributed by atoms with van der Waals surface area (Å²) in [6.07, 6.45) is 9.38. The second-order valence-corrected chi connectivity index (χ2v) is 7.98. The van der Waals surface area contributed by atoms with Gasteiger partial charge in [0.2, 0.25) is 5.91 Å². The molecular formula is C20H29N3OS. The fraction of sp³-hybridized carbons (Fsp3) is 0.600. The number of rotatable bonds is 6. The third-order valence-corrected chi connectivity index (χ3v) is 5.88. The van der Waals surface area contributed by atoms with Crippen LogP contribution in [0.4, 0.5) is 5.69 Å². The zero-order chi connectivity index (χ0) is 17.6. The number of unbranched alkanes of at least 4 members (excludes halogenated alkanes) is 1. The van der Waals surface area contributed by atoms with Crippen molar-refractivity contribution in [2.75, 3.05) is 5.32 Å². The molecule has 1 amide bonds. The van der Waals surface area contributed by atoms with Gasteiger partial charge in [-0.3, -0.25) is 15.6 Å². The van der Waals surface area contributed by atoms with Crippen LogP contribution in [-0.4, -0.2) is 11.0 Å². The van der Waals surface area contributed by atoms with E-state index in [1.165, 1.54) is 44.1 Å². The molecule has 25 heavy (non-hydrogen) atoms. The Labute approximate surface area is 156 Å². The van der Waals surface area contributed by atoms with Crippen molar-refractivity contribution >= 4 is 28.9 Å². The molecule has 0 radical (unpaired) electrons. The Bertz CT molecular complexity index is 601. The third kappa shape index (κ3) is 5.18. The van der Waals surface area contributed by atoms with Crippen molar-refractivity contribution < 1.29 is 4.79 Å². The molecule has 2 fully saturated rings. The lowest BCUT2D eigenvalue weighted by molar-refractivity contribution is -0.122. The molecule has 136 valence electrons. The number of hydrogen-bond donors (Lipinski definition) is 3. The van der Waals surface area contributed by atoms with Gasteiger partial charge in [0, 0.05) is 12.1 Å². The van der Waals surface area contributed by atoms with Crippen LogP contribution in [0.5, 0.6) is 0 Å². The molecule has 5 heteroatoms. The lowest BCUT2D eigenvalue weighted by Crippen LogP contribution is -2.44. The number of benzene rings is 1. The zero-order valence-electron chi connectivity index (χ0n) is 15.0. The van der Waals surface area contributed by atoms with E-state index in [1.54, 1.807) is 0 Å². The molecule has 0 aromatic heterocycles. The summed E-state index contributed by atoms with van der Waals surface area (Å²) in [5, 5.41) is 3.53. The second-order valence-electron chi connectivity index (χ2n) is 7.57. The molecule has 0 unspecified atom stereocenters. The largest absolute Gasteiger partial charge is 0.331 e. The van der Waals surface area contributed by atoms with E-state index in [0.717, 1.165) is 23.9 Å². The summed E-state index contributed by atoms with van der Waals surface area (Å²) < 4.78 is 0. The van der Waals surface area contributed by atoms with E-state index >= 15 is 0 Å². The number of amides is 1. The van der Waals surface area contributed by atoms with E-state index in [1.807, 2.05) is 12.1 Å². The van der Waals surface area contributed by atoms with Crippen LogP contribution in [0.15, 0.2) is 24.3 Å². The number of carbonyl (C=O) groups is 1. The third-order valence-electron chi connectivity index (χ3n) is 5.68. The van der Waals surface area contributed by atoms with Gasteiger partial charge in [-0.2, -0.15) is 0 Å². The predicted molar refractivity (Wildman–Crippen MR) is 106 cm³/mol. The van der Waals surface area contributed by atoms with E-state index in [-0.39, 0.29) is 5.91 Å². The van der Waals surface area contributed by atoms with Crippen LogP contribution < -0.4 is 16.2 Å². The summed E-state index contributed by atoms with van der Waals surface area (Å²) >= 11 is 5.26. The van der Waals surface area contributed by atoms with Gasteiger partial charge in [0.1, 0.15) is 0 Å². The van der Waals surface area contributed by atoms with E-state index in [0.29, 0.717) is 17.5 Å². The summed E-state index contributed by atoms with van der Waals surface area (Å²) in [6.45, 7) is 2.20. The fourth-order valence-electron chi connectivity index (χ4n) is 4.34. The first-order valence-electron chi connectivity index (χ1n) is 9.58. The molecule has 3 rings (SSSR count).